The van der Waals surface area contributed by atoms with Gasteiger partial charge in [0, 0.05) is 31.7 Å². The van der Waals surface area contributed by atoms with Crippen molar-refractivity contribution in [3.63, 3.8) is 0 Å². The van der Waals surface area contributed by atoms with E-state index in [2.05, 4.69) is 53.6 Å². The lowest BCUT2D eigenvalue weighted by molar-refractivity contribution is -0.124. The zero-order valence-corrected chi connectivity index (χ0v) is 13.2. The van der Waals surface area contributed by atoms with Crippen LogP contribution in [0.25, 0.3) is 0 Å². The third kappa shape index (κ3) is 5.14. The van der Waals surface area contributed by atoms with E-state index in [1.165, 1.54) is 5.56 Å². The van der Waals surface area contributed by atoms with E-state index in [0.29, 0.717) is 6.54 Å². The number of amides is 1. The summed E-state index contributed by atoms with van der Waals surface area (Å²) in [6, 6.07) is 10.4. The smallest absolute Gasteiger partial charge is 0.234 e. The number of carbonyl (C=O) groups excluding carboxylic acids is 1. The molecule has 0 radical (unpaired) electrons. The van der Waals surface area contributed by atoms with Crippen LogP contribution in [0.5, 0.6) is 0 Å². The molecule has 0 aromatic heterocycles. The maximum absolute atomic E-state index is 12.0. The molecule has 0 spiro atoms. The average molecular weight is 289 g/mol. The average Bonchev–Trinajstić information content (AvgIpc) is 2.47. The Morgan fingerprint density at radius 3 is 2.81 bits per heavy atom. The molecule has 4 nitrogen and oxygen atoms in total. The standard InChI is InChI=1S/C17H27N3O/c1-17(2)14-18-11-12-20(17)13-16(21)19-10-6-9-15-7-4-3-5-8-15/h3-5,7-8,18H,6,9-14H2,1-2H3,(H,19,21). The van der Waals surface area contributed by atoms with Crippen LogP contribution < -0.4 is 10.6 Å². The lowest BCUT2D eigenvalue weighted by atomic mass is 10.0. The maximum Gasteiger partial charge on any atom is 0.234 e. The predicted octanol–water partition coefficient (Wildman–Crippen LogP) is 1.42. The number of piperazine rings is 1. The van der Waals surface area contributed by atoms with Crippen molar-refractivity contribution >= 4 is 5.91 Å². The number of benzene rings is 1. The summed E-state index contributed by atoms with van der Waals surface area (Å²) in [6.07, 6.45) is 2.00. The van der Waals surface area contributed by atoms with E-state index in [-0.39, 0.29) is 11.4 Å². The summed E-state index contributed by atoms with van der Waals surface area (Å²) in [5.41, 5.74) is 1.38. The minimum Gasteiger partial charge on any atom is -0.355 e. The molecule has 0 saturated carbocycles. The van der Waals surface area contributed by atoms with Crippen LogP contribution in [0.1, 0.15) is 25.8 Å². The first kappa shape index (κ1) is 16.0. The van der Waals surface area contributed by atoms with Crippen molar-refractivity contribution in [1.82, 2.24) is 15.5 Å². The van der Waals surface area contributed by atoms with Crippen LogP contribution in [-0.2, 0) is 11.2 Å². The van der Waals surface area contributed by atoms with Gasteiger partial charge in [-0.3, -0.25) is 9.69 Å². The third-order valence-corrected chi connectivity index (χ3v) is 4.11. The molecule has 21 heavy (non-hydrogen) atoms. The summed E-state index contributed by atoms with van der Waals surface area (Å²) >= 11 is 0. The third-order valence-electron chi connectivity index (χ3n) is 4.11. The zero-order chi connectivity index (χ0) is 15.1. The fourth-order valence-corrected chi connectivity index (χ4v) is 2.71. The van der Waals surface area contributed by atoms with Gasteiger partial charge >= 0.3 is 0 Å². The van der Waals surface area contributed by atoms with Crippen molar-refractivity contribution in [1.29, 1.82) is 0 Å². The van der Waals surface area contributed by atoms with Gasteiger partial charge < -0.3 is 10.6 Å². The molecule has 1 aliphatic heterocycles. The zero-order valence-electron chi connectivity index (χ0n) is 13.2. The molecule has 0 aliphatic carbocycles. The molecule has 1 aromatic rings. The first-order chi connectivity index (χ1) is 10.1. The number of aryl methyl sites for hydroxylation is 1. The van der Waals surface area contributed by atoms with Gasteiger partial charge in [-0.15, -0.1) is 0 Å². The minimum atomic E-state index is 0.0552. The molecule has 1 amide bonds. The molecule has 1 fully saturated rings. The molecular weight excluding hydrogens is 262 g/mol. The molecule has 116 valence electrons. The molecule has 4 heteroatoms. The molecule has 2 rings (SSSR count). The highest BCUT2D eigenvalue weighted by atomic mass is 16.2. The molecule has 0 unspecified atom stereocenters. The second kappa shape index (κ2) is 7.57. The van der Waals surface area contributed by atoms with Gasteiger partial charge in [0.15, 0.2) is 0 Å². The van der Waals surface area contributed by atoms with E-state index < -0.39 is 0 Å². The number of carbonyl (C=O) groups is 1. The van der Waals surface area contributed by atoms with Gasteiger partial charge in [-0.2, -0.15) is 0 Å². The highest BCUT2D eigenvalue weighted by Crippen LogP contribution is 2.15. The van der Waals surface area contributed by atoms with Crippen molar-refractivity contribution in [3.05, 3.63) is 35.9 Å². The monoisotopic (exact) mass is 289 g/mol. The highest BCUT2D eigenvalue weighted by Gasteiger charge is 2.30. The van der Waals surface area contributed by atoms with Crippen LogP contribution in [0.3, 0.4) is 0 Å². The summed E-state index contributed by atoms with van der Waals surface area (Å²) in [5.74, 6) is 0.137. The molecule has 1 saturated heterocycles. The molecule has 0 bridgehead atoms. The van der Waals surface area contributed by atoms with E-state index in [1.807, 2.05) is 6.07 Å². The van der Waals surface area contributed by atoms with Gasteiger partial charge in [0.2, 0.25) is 5.91 Å². The Balaban J connectivity index is 1.65. The van der Waals surface area contributed by atoms with Gasteiger partial charge in [-0.05, 0) is 32.3 Å². The largest absolute Gasteiger partial charge is 0.355 e. The second-order valence-electron chi connectivity index (χ2n) is 6.35. The Bertz CT molecular complexity index is 445. The molecule has 1 aliphatic rings. The van der Waals surface area contributed by atoms with Crippen molar-refractivity contribution in [2.75, 3.05) is 32.7 Å². The molecule has 0 atom stereocenters. The second-order valence-corrected chi connectivity index (χ2v) is 6.35. The van der Waals surface area contributed by atoms with Crippen molar-refractivity contribution in [2.45, 2.75) is 32.2 Å². The fourth-order valence-electron chi connectivity index (χ4n) is 2.71. The lowest BCUT2D eigenvalue weighted by Crippen LogP contribution is -2.59. The van der Waals surface area contributed by atoms with E-state index in [0.717, 1.165) is 39.0 Å². The maximum atomic E-state index is 12.0. The Labute approximate surface area is 127 Å². The summed E-state index contributed by atoms with van der Waals surface area (Å²) in [4.78, 5) is 14.3. The van der Waals surface area contributed by atoms with Crippen LogP contribution in [-0.4, -0.2) is 49.1 Å². The van der Waals surface area contributed by atoms with Gasteiger partial charge in [0.25, 0.3) is 0 Å². The van der Waals surface area contributed by atoms with E-state index in [1.54, 1.807) is 0 Å². The number of hydrogen-bond donors (Lipinski definition) is 2. The highest BCUT2D eigenvalue weighted by molar-refractivity contribution is 5.78. The fraction of sp³-hybridized carbons (Fsp3) is 0.588. The van der Waals surface area contributed by atoms with E-state index in [9.17, 15) is 4.79 Å². The first-order valence-electron chi connectivity index (χ1n) is 7.84. The minimum absolute atomic E-state index is 0.0552. The number of hydrogen-bond acceptors (Lipinski definition) is 3. The van der Waals surface area contributed by atoms with Crippen LogP contribution in [0.2, 0.25) is 0 Å². The van der Waals surface area contributed by atoms with Crippen molar-refractivity contribution < 1.29 is 4.79 Å². The first-order valence-corrected chi connectivity index (χ1v) is 7.84. The Morgan fingerprint density at radius 1 is 1.33 bits per heavy atom. The molecule has 2 N–H and O–H groups in total. The summed E-state index contributed by atoms with van der Waals surface area (Å²) in [7, 11) is 0. The predicted molar refractivity (Wildman–Crippen MR) is 86.3 cm³/mol. The van der Waals surface area contributed by atoms with Crippen LogP contribution >= 0.6 is 0 Å². The number of rotatable bonds is 6. The van der Waals surface area contributed by atoms with Gasteiger partial charge in [0.1, 0.15) is 0 Å². The SMILES string of the molecule is CC1(C)CNCCN1CC(=O)NCCCc1ccccc1. The van der Waals surface area contributed by atoms with E-state index >= 15 is 0 Å². The quantitative estimate of drug-likeness (QED) is 0.779. The molecular formula is C17H27N3O. The van der Waals surface area contributed by atoms with Crippen molar-refractivity contribution in [2.24, 2.45) is 0 Å². The Hall–Kier alpha value is -1.39. The Morgan fingerprint density at radius 2 is 2.10 bits per heavy atom. The Kier molecular flexibility index (Phi) is 5.76. The van der Waals surface area contributed by atoms with Crippen molar-refractivity contribution in [3.8, 4) is 0 Å². The topological polar surface area (TPSA) is 44.4 Å². The summed E-state index contributed by atoms with van der Waals surface area (Å²) in [5, 5.41) is 6.41. The van der Waals surface area contributed by atoms with Crippen LogP contribution in [0, 0.1) is 0 Å². The summed E-state index contributed by atoms with van der Waals surface area (Å²) < 4.78 is 0. The van der Waals surface area contributed by atoms with E-state index in [4.69, 9.17) is 0 Å². The summed E-state index contributed by atoms with van der Waals surface area (Å²) in [6.45, 7) is 8.45. The number of nitrogens with one attached hydrogen (secondary N) is 2. The number of nitrogens with zero attached hydrogens (tertiary/aromatic N) is 1. The van der Waals surface area contributed by atoms with Crippen LogP contribution in [0.4, 0.5) is 0 Å². The van der Waals surface area contributed by atoms with Gasteiger partial charge in [-0.1, -0.05) is 30.3 Å². The normalized spacial score (nSPS) is 18.4. The van der Waals surface area contributed by atoms with Gasteiger partial charge in [-0.25, -0.2) is 0 Å². The lowest BCUT2D eigenvalue weighted by Gasteiger charge is -2.42. The molecule has 1 aromatic carbocycles. The van der Waals surface area contributed by atoms with Crippen LogP contribution in [0.15, 0.2) is 30.3 Å². The molecule has 1 heterocycles. The van der Waals surface area contributed by atoms with Gasteiger partial charge in [0.05, 0.1) is 6.54 Å².